The summed E-state index contributed by atoms with van der Waals surface area (Å²) in [6, 6.07) is 10.8. The van der Waals surface area contributed by atoms with Crippen LogP contribution in [0.4, 0.5) is 14.5 Å². The smallest absolute Gasteiger partial charge is 0.149 e. The minimum Gasteiger partial charge on any atom is -0.376 e. The topological polar surface area (TPSA) is 12.0 Å². The van der Waals surface area contributed by atoms with Crippen LogP contribution in [0.25, 0.3) is 0 Å². The normalized spacial score (nSPS) is 12.2. The van der Waals surface area contributed by atoms with E-state index in [0.29, 0.717) is 5.02 Å². The SMILES string of the molecule is CCC(Nc1ccc(F)cc1F)c1cccc(Cl)c1. The fraction of sp³-hybridized carbons (Fsp3) is 0.200. The summed E-state index contributed by atoms with van der Waals surface area (Å²) in [6.07, 6.45) is 0.761. The third kappa shape index (κ3) is 3.44. The minimum absolute atomic E-state index is 0.0707. The molecule has 0 heterocycles. The van der Waals surface area contributed by atoms with E-state index in [0.717, 1.165) is 18.1 Å². The van der Waals surface area contributed by atoms with Crippen LogP contribution in [-0.4, -0.2) is 0 Å². The Morgan fingerprint density at radius 2 is 1.95 bits per heavy atom. The molecule has 1 N–H and O–H groups in total. The average Bonchev–Trinajstić information content (AvgIpc) is 2.38. The molecule has 0 bridgehead atoms. The maximum atomic E-state index is 13.6. The summed E-state index contributed by atoms with van der Waals surface area (Å²) in [5, 5.41) is 3.70. The van der Waals surface area contributed by atoms with Gasteiger partial charge in [0.1, 0.15) is 11.6 Å². The Hall–Kier alpha value is -1.61. The van der Waals surface area contributed by atoms with E-state index in [9.17, 15) is 8.78 Å². The molecule has 1 atom stereocenters. The van der Waals surface area contributed by atoms with Crippen molar-refractivity contribution in [1.82, 2.24) is 0 Å². The van der Waals surface area contributed by atoms with Gasteiger partial charge in [-0.15, -0.1) is 0 Å². The molecule has 19 heavy (non-hydrogen) atoms. The standard InChI is InChI=1S/C15H14ClF2N/c1-2-14(10-4-3-5-11(16)8-10)19-15-7-6-12(17)9-13(15)18/h3-9,14,19H,2H2,1H3. The first-order valence-electron chi connectivity index (χ1n) is 6.07. The Bertz CT molecular complexity index is 572. The second kappa shape index (κ2) is 6.02. The molecule has 2 rings (SSSR count). The molecule has 0 aliphatic heterocycles. The van der Waals surface area contributed by atoms with Crippen LogP contribution in [0.3, 0.4) is 0 Å². The number of hydrogen-bond donors (Lipinski definition) is 1. The summed E-state index contributed by atoms with van der Waals surface area (Å²) in [7, 11) is 0. The highest BCUT2D eigenvalue weighted by molar-refractivity contribution is 6.30. The van der Waals surface area contributed by atoms with E-state index >= 15 is 0 Å². The Balaban J connectivity index is 2.24. The Kier molecular flexibility index (Phi) is 4.38. The Morgan fingerprint density at radius 3 is 2.58 bits per heavy atom. The number of hydrogen-bond acceptors (Lipinski definition) is 1. The first kappa shape index (κ1) is 13.8. The Morgan fingerprint density at radius 1 is 1.16 bits per heavy atom. The summed E-state index contributed by atoms with van der Waals surface area (Å²) < 4.78 is 26.5. The molecule has 2 aromatic rings. The van der Waals surface area contributed by atoms with Gasteiger partial charge in [0.05, 0.1) is 11.7 Å². The highest BCUT2D eigenvalue weighted by Crippen LogP contribution is 2.26. The summed E-state index contributed by atoms with van der Waals surface area (Å²) >= 11 is 5.95. The van der Waals surface area contributed by atoms with Crippen molar-refractivity contribution >= 4 is 17.3 Å². The zero-order chi connectivity index (χ0) is 13.8. The second-order valence-electron chi connectivity index (χ2n) is 4.28. The molecule has 0 saturated carbocycles. The van der Waals surface area contributed by atoms with Crippen LogP contribution in [0.2, 0.25) is 5.02 Å². The van der Waals surface area contributed by atoms with Crippen LogP contribution in [0.15, 0.2) is 42.5 Å². The molecular formula is C15H14ClF2N. The summed E-state index contributed by atoms with van der Waals surface area (Å²) in [5.41, 5.74) is 1.26. The van der Waals surface area contributed by atoms with Crippen molar-refractivity contribution in [2.75, 3.05) is 5.32 Å². The predicted octanol–water partition coefficient (Wildman–Crippen LogP) is 5.18. The van der Waals surface area contributed by atoms with E-state index in [1.165, 1.54) is 12.1 Å². The summed E-state index contributed by atoms with van der Waals surface area (Å²) in [4.78, 5) is 0. The van der Waals surface area contributed by atoms with Crippen LogP contribution in [0.5, 0.6) is 0 Å². The fourth-order valence-electron chi connectivity index (χ4n) is 1.94. The number of anilines is 1. The molecule has 0 aliphatic carbocycles. The lowest BCUT2D eigenvalue weighted by Gasteiger charge is -2.19. The number of nitrogens with one attached hydrogen (secondary N) is 1. The first-order valence-corrected chi connectivity index (χ1v) is 6.45. The highest BCUT2D eigenvalue weighted by Gasteiger charge is 2.12. The van der Waals surface area contributed by atoms with Gasteiger partial charge in [0, 0.05) is 11.1 Å². The van der Waals surface area contributed by atoms with E-state index in [2.05, 4.69) is 5.32 Å². The van der Waals surface area contributed by atoms with Gasteiger partial charge in [0.15, 0.2) is 0 Å². The van der Waals surface area contributed by atoms with Crippen molar-refractivity contribution in [3.8, 4) is 0 Å². The zero-order valence-corrected chi connectivity index (χ0v) is 11.2. The molecular weight excluding hydrogens is 268 g/mol. The number of benzene rings is 2. The van der Waals surface area contributed by atoms with E-state index in [1.54, 1.807) is 6.07 Å². The lowest BCUT2D eigenvalue weighted by atomic mass is 10.0. The molecule has 2 aromatic carbocycles. The van der Waals surface area contributed by atoms with Crippen molar-refractivity contribution in [2.45, 2.75) is 19.4 Å². The largest absolute Gasteiger partial charge is 0.376 e. The van der Waals surface area contributed by atoms with E-state index in [1.807, 2.05) is 25.1 Å². The van der Waals surface area contributed by atoms with Crippen LogP contribution in [0.1, 0.15) is 24.9 Å². The number of rotatable bonds is 4. The number of halogens is 3. The maximum absolute atomic E-state index is 13.6. The van der Waals surface area contributed by atoms with Crippen LogP contribution in [-0.2, 0) is 0 Å². The highest BCUT2D eigenvalue weighted by atomic mass is 35.5. The van der Waals surface area contributed by atoms with Crippen molar-refractivity contribution in [2.24, 2.45) is 0 Å². The molecule has 0 aromatic heterocycles. The third-order valence-electron chi connectivity index (χ3n) is 2.92. The van der Waals surface area contributed by atoms with Gasteiger partial charge >= 0.3 is 0 Å². The molecule has 1 unspecified atom stereocenters. The molecule has 1 nitrogen and oxygen atoms in total. The predicted molar refractivity (Wildman–Crippen MR) is 74.5 cm³/mol. The molecule has 0 fully saturated rings. The van der Waals surface area contributed by atoms with Gasteiger partial charge in [0.25, 0.3) is 0 Å². The summed E-state index contributed by atoms with van der Waals surface area (Å²) in [5.74, 6) is -1.18. The van der Waals surface area contributed by atoms with E-state index in [-0.39, 0.29) is 11.7 Å². The molecule has 0 radical (unpaired) electrons. The quantitative estimate of drug-likeness (QED) is 0.814. The van der Waals surface area contributed by atoms with Crippen molar-refractivity contribution in [3.63, 3.8) is 0 Å². The van der Waals surface area contributed by atoms with Crippen molar-refractivity contribution in [3.05, 3.63) is 64.7 Å². The van der Waals surface area contributed by atoms with Gasteiger partial charge in [-0.05, 0) is 36.2 Å². The van der Waals surface area contributed by atoms with E-state index in [4.69, 9.17) is 11.6 Å². The molecule has 100 valence electrons. The van der Waals surface area contributed by atoms with Gasteiger partial charge < -0.3 is 5.32 Å². The van der Waals surface area contributed by atoms with Gasteiger partial charge in [-0.2, -0.15) is 0 Å². The van der Waals surface area contributed by atoms with Crippen molar-refractivity contribution in [1.29, 1.82) is 0 Å². The fourth-order valence-corrected chi connectivity index (χ4v) is 2.14. The van der Waals surface area contributed by atoms with Gasteiger partial charge in [-0.25, -0.2) is 8.78 Å². The van der Waals surface area contributed by atoms with Crippen LogP contribution in [0, 0.1) is 11.6 Å². The zero-order valence-electron chi connectivity index (χ0n) is 10.5. The van der Waals surface area contributed by atoms with Gasteiger partial charge in [-0.3, -0.25) is 0 Å². The molecule has 0 amide bonds. The maximum Gasteiger partial charge on any atom is 0.149 e. The van der Waals surface area contributed by atoms with Crippen molar-refractivity contribution < 1.29 is 8.78 Å². The third-order valence-corrected chi connectivity index (χ3v) is 3.16. The monoisotopic (exact) mass is 281 g/mol. The van der Waals surface area contributed by atoms with Crippen LogP contribution < -0.4 is 5.32 Å². The van der Waals surface area contributed by atoms with Crippen LogP contribution >= 0.6 is 11.6 Å². The van der Waals surface area contributed by atoms with E-state index < -0.39 is 11.6 Å². The lowest BCUT2D eigenvalue weighted by Crippen LogP contribution is -2.10. The molecule has 0 aliphatic rings. The average molecular weight is 282 g/mol. The molecule has 4 heteroatoms. The minimum atomic E-state index is -0.597. The molecule has 0 spiro atoms. The second-order valence-corrected chi connectivity index (χ2v) is 4.72. The molecule has 0 saturated heterocycles. The van der Waals surface area contributed by atoms with Gasteiger partial charge in [-0.1, -0.05) is 30.7 Å². The lowest BCUT2D eigenvalue weighted by molar-refractivity contribution is 0.582. The van der Waals surface area contributed by atoms with Gasteiger partial charge in [0.2, 0.25) is 0 Å². The first-order chi connectivity index (χ1) is 9.10. The summed E-state index contributed by atoms with van der Waals surface area (Å²) in [6.45, 7) is 1.99. The Labute approximate surface area is 116 Å².